The van der Waals surface area contributed by atoms with Crippen LogP contribution in [0.15, 0.2) is 11.6 Å². The molecule has 0 aromatic heterocycles. The van der Waals surface area contributed by atoms with Gasteiger partial charge in [0.1, 0.15) is 0 Å². The van der Waals surface area contributed by atoms with Gasteiger partial charge in [0.05, 0.1) is 6.61 Å². The van der Waals surface area contributed by atoms with Gasteiger partial charge in [-0.1, -0.05) is 11.6 Å². The molecule has 4 heteroatoms. The fraction of sp³-hybridized carbons (Fsp3) is 0.714. The molecule has 0 aliphatic carbocycles. The zero-order chi connectivity index (χ0) is 8.91. The minimum absolute atomic E-state index is 0.0457. The summed E-state index contributed by atoms with van der Waals surface area (Å²) in [6.45, 7) is 1.42. The Bertz CT molecular complexity index is 137. The second-order valence-corrected chi connectivity index (χ2v) is 2.36. The highest BCUT2D eigenvalue weighted by atomic mass is 19.4. The Morgan fingerprint density at radius 3 is 2.36 bits per heavy atom. The maximum absolute atomic E-state index is 11.5. The first-order valence-electron chi connectivity index (χ1n) is 3.29. The molecule has 1 N–H and O–H groups in total. The lowest BCUT2D eigenvalue weighted by molar-refractivity contribution is -0.133. The second-order valence-electron chi connectivity index (χ2n) is 2.36. The molecule has 0 radical (unpaired) electrons. The van der Waals surface area contributed by atoms with Crippen LogP contribution >= 0.6 is 0 Å². The van der Waals surface area contributed by atoms with Gasteiger partial charge in [0, 0.05) is 6.42 Å². The van der Waals surface area contributed by atoms with Crippen LogP contribution in [0.2, 0.25) is 0 Å². The van der Waals surface area contributed by atoms with E-state index in [1.54, 1.807) is 6.92 Å². The number of halogens is 3. The quantitative estimate of drug-likeness (QED) is 0.641. The predicted octanol–water partition coefficient (Wildman–Crippen LogP) is 2.27. The highest BCUT2D eigenvalue weighted by Crippen LogP contribution is 2.21. The molecule has 0 rings (SSSR count). The summed E-state index contributed by atoms with van der Waals surface area (Å²) in [5.41, 5.74) is 0.578. The third-order valence-electron chi connectivity index (χ3n) is 1.17. The van der Waals surface area contributed by atoms with E-state index in [0.29, 0.717) is 5.57 Å². The van der Waals surface area contributed by atoms with Gasteiger partial charge in [0.2, 0.25) is 0 Å². The number of rotatable bonds is 3. The summed E-state index contributed by atoms with van der Waals surface area (Å²) in [6, 6.07) is 0. The van der Waals surface area contributed by atoms with Crippen molar-refractivity contribution in [3.8, 4) is 0 Å². The van der Waals surface area contributed by atoms with Crippen LogP contribution in [0.4, 0.5) is 13.2 Å². The Hall–Kier alpha value is -0.510. The van der Waals surface area contributed by atoms with E-state index in [1.807, 2.05) is 0 Å². The molecule has 0 heterocycles. The fourth-order valence-corrected chi connectivity index (χ4v) is 0.547. The van der Waals surface area contributed by atoms with E-state index in [-0.39, 0.29) is 13.0 Å². The molecule has 0 aliphatic rings. The van der Waals surface area contributed by atoms with E-state index in [0.717, 1.165) is 0 Å². The maximum Gasteiger partial charge on any atom is 0.389 e. The van der Waals surface area contributed by atoms with Gasteiger partial charge in [-0.25, -0.2) is 0 Å². The van der Waals surface area contributed by atoms with Crippen molar-refractivity contribution >= 4 is 0 Å². The number of alkyl halides is 3. The van der Waals surface area contributed by atoms with E-state index < -0.39 is 12.6 Å². The number of hydrogen-bond acceptors (Lipinski definition) is 1. The van der Waals surface area contributed by atoms with Gasteiger partial charge in [0.15, 0.2) is 0 Å². The van der Waals surface area contributed by atoms with Crippen LogP contribution in [0.25, 0.3) is 0 Å². The van der Waals surface area contributed by atoms with Crippen molar-refractivity contribution < 1.29 is 18.3 Å². The molecule has 0 amide bonds. The zero-order valence-corrected chi connectivity index (χ0v) is 6.28. The first kappa shape index (κ1) is 10.5. The Balaban J connectivity index is 3.57. The van der Waals surface area contributed by atoms with Crippen LogP contribution in [-0.2, 0) is 0 Å². The smallest absolute Gasteiger partial charge is 0.389 e. The van der Waals surface area contributed by atoms with Gasteiger partial charge in [0.25, 0.3) is 0 Å². The number of aliphatic hydroxyl groups is 1. The summed E-state index contributed by atoms with van der Waals surface area (Å²) in [5, 5.41) is 8.41. The van der Waals surface area contributed by atoms with Gasteiger partial charge in [-0.3, -0.25) is 0 Å². The van der Waals surface area contributed by atoms with Gasteiger partial charge in [-0.2, -0.15) is 13.2 Å². The van der Waals surface area contributed by atoms with Crippen molar-refractivity contribution in [3.05, 3.63) is 11.6 Å². The van der Waals surface area contributed by atoms with Crippen molar-refractivity contribution in [1.82, 2.24) is 0 Å². The molecule has 0 aliphatic heterocycles. The first-order valence-corrected chi connectivity index (χ1v) is 3.29. The van der Waals surface area contributed by atoms with Gasteiger partial charge in [-0.15, -0.1) is 0 Å². The van der Waals surface area contributed by atoms with Crippen molar-refractivity contribution in [1.29, 1.82) is 0 Å². The highest BCUT2D eigenvalue weighted by molar-refractivity contribution is 4.97. The molecule has 66 valence electrons. The summed E-state index contributed by atoms with van der Waals surface area (Å²) in [7, 11) is 0. The summed E-state index contributed by atoms with van der Waals surface area (Å²) in [5.74, 6) is 0. The molecule has 0 aromatic rings. The predicted molar refractivity (Wildman–Crippen MR) is 36.1 cm³/mol. The average molecular weight is 168 g/mol. The molecule has 0 unspecified atom stereocenters. The second kappa shape index (κ2) is 4.38. The number of aliphatic hydroxyl groups excluding tert-OH is 1. The first-order chi connectivity index (χ1) is 4.95. The normalized spacial score (nSPS) is 13.7. The molecule has 0 aromatic carbocycles. The molecule has 0 fully saturated rings. The van der Waals surface area contributed by atoms with Crippen molar-refractivity contribution in [2.75, 3.05) is 6.61 Å². The molecular formula is C7H11F3O. The average Bonchev–Trinajstić information content (AvgIpc) is 1.85. The Morgan fingerprint density at radius 2 is 2.00 bits per heavy atom. The minimum atomic E-state index is -4.09. The van der Waals surface area contributed by atoms with Crippen molar-refractivity contribution in [3.63, 3.8) is 0 Å². The van der Waals surface area contributed by atoms with Crippen molar-refractivity contribution in [2.24, 2.45) is 0 Å². The van der Waals surface area contributed by atoms with Crippen LogP contribution < -0.4 is 0 Å². The third kappa shape index (κ3) is 7.39. The van der Waals surface area contributed by atoms with E-state index in [9.17, 15) is 13.2 Å². The molecule has 1 nitrogen and oxygen atoms in total. The van der Waals surface area contributed by atoms with E-state index in [4.69, 9.17) is 5.11 Å². The molecule has 0 spiro atoms. The minimum Gasteiger partial charge on any atom is -0.392 e. The number of allylic oxidation sites excluding steroid dienone is 1. The molecule has 0 atom stereocenters. The lowest BCUT2D eigenvalue weighted by Crippen LogP contribution is -2.05. The van der Waals surface area contributed by atoms with Crippen LogP contribution in [0.3, 0.4) is 0 Å². The third-order valence-corrected chi connectivity index (χ3v) is 1.17. The van der Waals surface area contributed by atoms with Crippen molar-refractivity contribution in [2.45, 2.75) is 25.9 Å². The van der Waals surface area contributed by atoms with E-state index in [2.05, 4.69) is 0 Å². The lowest BCUT2D eigenvalue weighted by atomic mass is 10.2. The summed E-state index contributed by atoms with van der Waals surface area (Å²) < 4.78 is 34.6. The largest absolute Gasteiger partial charge is 0.392 e. The van der Waals surface area contributed by atoms with Crippen LogP contribution in [-0.4, -0.2) is 17.9 Å². The zero-order valence-electron chi connectivity index (χ0n) is 6.28. The van der Waals surface area contributed by atoms with Gasteiger partial charge < -0.3 is 5.11 Å². The number of hydrogen-bond donors (Lipinski definition) is 1. The van der Waals surface area contributed by atoms with Crippen LogP contribution in [0, 0.1) is 0 Å². The summed E-state index contributed by atoms with van der Waals surface area (Å²) in [4.78, 5) is 0. The van der Waals surface area contributed by atoms with Gasteiger partial charge >= 0.3 is 6.18 Å². The van der Waals surface area contributed by atoms with Crippen LogP contribution in [0.1, 0.15) is 19.8 Å². The molecular weight excluding hydrogens is 157 g/mol. The Morgan fingerprint density at radius 1 is 1.45 bits per heavy atom. The molecule has 11 heavy (non-hydrogen) atoms. The molecule has 0 bridgehead atoms. The SMILES string of the molecule is CC(=CCCC(F)(F)F)CO. The standard InChI is InChI=1S/C7H11F3O/c1-6(5-11)3-2-4-7(8,9)10/h3,11H,2,4-5H2,1H3. The fourth-order valence-electron chi connectivity index (χ4n) is 0.547. The summed E-state index contributed by atoms with van der Waals surface area (Å²) >= 11 is 0. The maximum atomic E-state index is 11.5. The van der Waals surface area contributed by atoms with Crippen LogP contribution in [0.5, 0.6) is 0 Å². The Kier molecular flexibility index (Phi) is 4.18. The van der Waals surface area contributed by atoms with Gasteiger partial charge in [-0.05, 0) is 13.3 Å². The van der Waals surface area contributed by atoms with E-state index in [1.165, 1.54) is 6.08 Å². The molecule has 0 saturated heterocycles. The van der Waals surface area contributed by atoms with E-state index >= 15 is 0 Å². The monoisotopic (exact) mass is 168 g/mol. The molecule has 0 saturated carbocycles. The highest BCUT2D eigenvalue weighted by Gasteiger charge is 2.25. The Labute approximate surface area is 63.5 Å². The topological polar surface area (TPSA) is 20.2 Å². The summed E-state index contributed by atoms with van der Waals surface area (Å²) in [6.07, 6.45) is -3.56. The lowest BCUT2D eigenvalue weighted by Gasteiger charge is -2.02.